The molecule has 1 saturated carbocycles. The van der Waals surface area contributed by atoms with Crippen LogP contribution in [0, 0.1) is 5.92 Å². The van der Waals surface area contributed by atoms with Gasteiger partial charge in [-0.05, 0) is 31.0 Å². The summed E-state index contributed by atoms with van der Waals surface area (Å²) in [5.41, 5.74) is 0.216. The van der Waals surface area contributed by atoms with Crippen molar-refractivity contribution in [2.24, 2.45) is 5.92 Å². The SMILES string of the molecule is O=C(CC1CC(=O)NC1=O)NCC1(NC(=O)c2cccc3[nH]c(=O)ccc23)CCCC1. The van der Waals surface area contributed by atoms with Crippen LogP contribution in [-0.4, -0.2) is 40.7 Å². The van der Waals surface area contributed by atoms with E-state index in [0.717, 1.165) is 25.7 Å². The second-order valence-electron chi connectivity index (χ2n) is 8.33. The van der Waals surface area contributed by atoms with E-state index in [9.17, 15) is 24.0 Å². The van der Waals surface area contributed by atoms with Gasteiger partial charge in [0.25, 0.3) is 5.91 Å². The molecule has 4 rings (SSSR count). The summed E-state index contributed by atoms with van der Waals surface area (Å²) in [5, 5.41) is 8.79. The number of carbonyl (C=O) groups is 4. The van der Waals surface area contributed by atoms with Gasteiger partial charge in [-0.15, -0.1) is 0 Å². The topological polar surface area (TPSA) is 137 Å². The third-order valence-corrected chi connectivity index (χ3v) is 6.07. The molecule has 31 heavy (non-hydrogen) atoms. The van der Waals surface area contributed by atoms with E-state index >= 15 is 0 Å². The van der Waals surface area contributed by atoms with Crippen molar-refractivity contribution in [3.63, 3.8) is 0 Å². The number of aromatic nitrogens is 1. The molecule has 2 fully saturated rings. The van der Waals surface area contributed by atoms with Crippen molar-refractivity contribution in [1.82, 2.24) is 20.9 Å². The molecule has 0 radical (unpaired) electrons. The number of hydrogen-bond donors (Lipinski definition) is 4. The third kappa shape index (κ3) is 4.50. The summed E-state index contributed by atoms with van der Waals surface area (Å²) < 4.78 is 0. The molecule has 1 aliphatic heterocycles. The predicted octanol–water partition coefficient (Wildman–Crippen LogP) is 0.740. The molecule has 1 aromatic carbocycles. The molecule has 9 heteroatoms. The number of fused-ring (bicyclic) bond motifs is 1. The highest BCUT2D eigenvalue weighted by Crippen LogP contribution is 2.30. The quantitative estimate of drug-likeness (QED) is 0.507. The molecule has 1 aliphatic carbocycles. The van der Waals surface area contributed by atoms with Crippen LogP contribution < -0.4 is 21.5 Å². The first-order chi connectivity index (χ1) is 14.8. The molecule has 162 valence electrons. The van der Waals surface area contributed by atoms with Crippen molar-refractivity contribution in [2.75, 3.05) is 6.54 Å². The maximum absolute atomic E-state index is 13.1. The summed E-state index contributed by atoms with van der Waals surface area (Å²) in [6.07, 6.45) is 3.28. The molecule has 4 N–H and O–H groups in total. The second-order valence-corrected chi connectivity index (χ2v) is 8.33. The van der Waals surface area contributed by atoms with E-state index in [1.807, 2.05) is 0 Å². The highest BCUT2D eigenvalue weighted by atomic mass is 16.2. The van der Waals surface area contributed by atoms with Crippen LogP contribution >= 0.6 is 0 Å². The summed E-state index contributed by atoms with van der Waals surface area (Å²) in [7, 11) is 0. The van der Waals surface area contributed by atoms with Crippen molar-refractivity contribution in [3.05, 3.63) is 46.2 Å². The van der Waals surface area contributed by atoms with Crippen molar-refractivity contribution in [1.29, 1.82) is 0 Å². The van der Waals surface area contributed by atoms with Crippen LogP contribution in [0.2, 0.25) is 0 Å². The highest BCUT2D eigenvalue weighted by Gasteiger charge is 2.37. The zero-order valence-electron chi connectivity index (χ0n) is 17.0. The van der Waals surface area contributed by atoms with Crippen LogP contribution in [0.15, 0.2) is 35.1 Å². The Bertz CT molecular complexity index is 1120. The Balaban J connectivity index is 1.44. The maximum atomic E-state index is 13.1. The van der Waals surface area contributed by atoms with Crippen LogP contribution in [0.25, 0.3) is 10.9 Å². The summed E-state index contributed by atoms with van der Waals surface area (Å²) in [6.45, 7) is 0.251. The van der Waals surface area contributed by atoms with Gasteiger partial charge >= 0.3 is 0 Å². The second kappa shape index (κ2) is 8.33. The first kappa shape index (κ1) is 20.8. The van der Waals surface area contributed by atoms with Crippen LogP contribution in [0.4, 0.5) is 0 Å². The Morgan fingerprint density at radius 1 is 1.06 bits per heavy atom. The fourth-order valence-corrected chi connectivity index (χ4v) is 4.43. The minimum Gasteiger partial charge on any atom is -0.354 e. The van der Waals surface area contributed by atoms with Gasteiger partial charge in [-0.1, -0.05) is 18.9 Å². The summed E-state index contributed by atoms with van der Waals surface area (Å²) in [4.78, 5) is 62.7. The maximum Gasteiger partial charge on any atom is 0.252 e. The number of nitrogens with one attached hydrogen (secondary N) is 4. The lowest BCUT2D eigenvalue weighted by molar-refractivity contribution is -0.129. The van der Waals surface area contributed by atoms with E-state index in [4.69, 9.17) is 0 Å². The van der Waals surface area contributed by atoms with Gasteiger partial charge in [-0.3, -0.25) is 29.3 Å². The largest absolute Gasteiger partial charge is 0.354 e. The first-order valence-electron chi connectivity index (χ1n) is 10.4. The fourth-order valence-electron chi connectivity index (χ4n) is 4.43. The lowest BCUT2D eigenvalue weighted by Gasteiger charge is -2.31. The Morgan fingerprint density at radius 3 is 2.55 bits per heavy atom. The summed E-state index contributed by atoms with van der Waals surface area (Å²) >= 11 is 0. The van der Waals surface area contributed by atoms with Crippen LogP contribution in [-0.2, 0) is 14.4 Å². The molecule has 4 amide bonds. The van der Waals surface area contributed by atoms with Gasteiger partial charge in [0, 0.05) is 41.9 Å². The lowest BCUT2D eigenvalue weighted by Crippen LogP contribution is -2.54. The van der Waals surface area contributed by atoms with Gasteiger partial charge in [0.05, 0.1) is 11.5 Å². The minimum atomic E-state index is -0.639. The summed E-state index contributed by atoms with van der Waals surface area (Å²) in [6, 6.07) is 8.16. The minimum absolute atomic E-state index is 0.0251. The van der Waals surface area contributed by atoms with Crippen LogP contribution in [0.1, 0.15) is 48.9 Å². The number of amides is 4. The smallest absolute Gasteiger partial charge is 0.252 e. The number of hydrogen-bond acceptors (Lipinski definition) is 5. The molecule has 2 heterocycles. The number of rotatable bonds is 6. The van der Waals surface area contributed by atoms with Gasteiger partial charge in [0.1, 0.15) is 0 Å². The zero-order chi connectivity index (χ0) is 22.0. The Morgan fingerprint density at radius 2 is 1.84 bits per heavy atom. The van der Waals surface area contributed by atoms with Crippen molar-refractivity contribution < 1.29 is 19.2 Å². The van der Waals surface area contributed by atoms with E-state index in [0.29, 0.717) is 16.5 Å². The lowest BCUT2D eigenvalue weighted by atomic mass is 9.95. The standard InChI is InChI=1S/C22H24N4O5/c27-17-7-6-14-15(4-3-5-16(14)24-17)21(31)26-22(8-1-2-9-22)12-23-18(28)10-13-11-19(29)25-20(13)30/h3-7,13H,1-2,8-12H2,(H,23,28)(H,24,27)(H,26,31)(H,25,29,30). The number of carbonyl (C=O) groups excluding carboxylic acids is 4. The average molecular weight is 424 g/mol. The molecule has 2 aromatic rings. The Hall–Kier alpha value is -3.49. The van der Waals surface area contributed by atoms with Crippen molar-refractivity contribution in [2.45, 2.75) is 44.1 Å². The molecule has 2 aliphatic rings. The van der Waals surface area contributed by atoms with Gasteiger partial charge < -0.3 is 15.6 Å². The Labute approximate surface area is 178 Å². The number of aromatic amines is 1. The molecule has 0 bridgehead atoms. The van der Waals surface area contributed by atoms with Gasteiger partial charge in [-0.25, -0.2) is 0 Å². The Kier molecular flexibility index (Phi) is 5.58. The number of imide groups is 1. The molecular weight excluding hydrogens is 400 g/mol. The highest BCUT2D eigenvalue weighted by molar-refractivity contribution is 6.06. The van der Waals surface area contributed by atoms with E-state index in [1.165, 1.54) is 6.07 Å². The van der Waals surface area contributed by atoms with E-state index in [1.54, 1.807) is 24.3 Å². The number of H-pyrrole nitrogens is 1. The fraction of sp³-hybridized carbons (Fsp3) is 0.409. The van der Waals surface area contributed by atoms with E-state index in [-0.39, 0.29) is 42.7 Å². The summed E-state index contributed by atoms with van der Waals surface area (Å²) in [5.74, 6) is -2.01. The molecule has 1 aromatic heterocycles. The van der Waals surface area contributed by atoms with Crippen molar-refractivity contribution >= 4 is 34.5 Å². The van der Waals surface area contributed by atoms with Crippen LogP contribution in [0.3, 0.4) is 0 Å². The van der Waals surface area contributed by atoms with Crippen LogP contribution in [0.5, 0.6) is 0 Å². The normalized spacial score (nSPS) is 19.9. The van der Waals surface area contributed by atoms with Gasteiger partial charge in [0.2, 0.25) is 23.3 Å². The molecular formula is C22H24N4O5. The molecule has 9 nitrogen and oxygen atoms in total. The average Bonchev–Trinajstić information content (AvgIpc) is 3.32. The van der Waals surface area contributed by atoms with Gasteiger partial charge in [0.15, 0.2) is 0 Å². The number of benzene rings is 1. The molecule has 0 spiro atoms. The van der Waals surface area contributed by atoms with E-state index in [2.05, 4.69) is 20.9 Å². The van der Waals surface area contributed by atoms with Gasteiger partial charge in [-0.2, -0.15) is 0 Å². The first-order valence-corrected chi connectivity index (χ1v) is 10.4. The monoisotopic (exact) mass is 424 g/mol. The molecule has 1 atom stereocenters. The number of pyridine rings is 1. The van der Waals surface area contributed by atoms with Crippen molar-refractivity contribution in [3.8, 4) is 0 Å². The predicted molar refractivity (Wildman–Crippen MR) is 112 cm³/mol. The zero-order valence-corrected chi connectivity index (χ0v) is 17.0. The molecule has 1 unspecified atom stereocenters. The third-order valence-electron chi connectivity index (χ3n) is 6.07. The molecule has 1 saturated heterocycles. The van der Waals surface area contributed by atoms with E-state index < -0.39 is 17.4 Å².